The van der Waals surface area contributed by atoms with Gasteiger partial charge in [0.2, 0.25) is 0 Å². The molecule has 162 valence electrons. The summed E-state index contributed by atoms with van der Waals surface area (Å²) >= 11 is 1.70. The maximum atomic E-state index is 4.25. The summed E-state index contributed by atoms with van der Waals surface area (Å²) in [6, 6.07) is 21.3. The Kier molecular flexibility index (Phi) is 7.19. The number of benzene rings is 2. The third kappa shape index (κ3) is 5.49. The maximum Gasteiger partial charge on any atom is 0.0707 e. The molecule has 0 saturated heterocycles. The van der Waals surface area contributed by atoms with Gasteiger partial charge in [-0.2, -0.15) is 0 Å². The van der Waals surface area contributed by atoms with Gasteiger partial charge in [-0.25, -0.2) is 0 Å². The van der Waals surface area contributed by atoms with Gasteiger partial charge in [-0.05, 0) is 63.1 Å². The predicted molar refractivity (Wildman–Crippen MR) is 147 cm³/mol. The van der Waals surface area contributed by atoms with E-state index in [-0.39, 0.29) is 6.04 Å². The van der Waals surface area contributed by atoms with Gasteiger partial charge < -0.3 is 5.32 Å². The third-order valence-corrected chi connectivity index (χ3v) is 6.41. The number of dihydropyridines is 1. The van der Waals surface area contributed by atoms with Gasteiger partial charge in [0.15, 0.2) is 0 Å². The van der Waals surface area contributed by atoms with Gasteiger partial charge in [-0.15, -0.1) is 11.3 Å². The molecule has 1 N–H and O–H groups in total. The highest BCUT2D eigenvalue weighted by Gasteiger charge is 2.18. The molecule has 0 bridgehead atoms. The number of rotatable bonds is 8. The van der Waals surface area contributed by atoms with E-state index in [1.54, 1.807) is 17.4 Å². The van der Waals surface area contributed by atoms with Crippen LogP contribution in [0.3, 0.4) is 0 Å². The second-order valence-corrected chi connectivity index (χ2v) is 8.68. The monoisotopic (exact) mass is 445 g/mol. The molecule has 2 aromatic carbocycles. The number of thiophene rings is 1. The van der Waals surface area contributed by atoms with Gasteiger partial charge in [0.25, 0.3) is 0 Å². The first-order chi connectivity index (χ1) is 16.2. The SMILES string of the molecule is C=C/C=C\C(=C)C1=CC(c2ccccc2)=CC(c2cccc(/C=C/c3ccsc3C=C)c2)N1. The van der Waals surface area contributed by atoms with E-state index in [2.05, 4.69) is 109 Å². The van der Waals surface area contributed by atoms with Crippen LogP contribution in [0.2, 0.25) is 0 Å². The lowest BCUT2D eigenvalue weighted by atomic mass is 9.93. The van der Waals surface area contributed by atoms with Crippen molar-refractivity contribution in [3.8, 4) is 0 Å². The van der Waals surface area contributed by atoms with E-state index in [9.17, 15) is 0 Å². The minimum atomic E-state index is 0.0346. The maximum absolute atomic E-state index is 4.25. The molecule has 33 heavy (non-hydrogen) atoms. The molecule has 0 aliphatic carbocycles. The Morgan fingerprint density at radius 1 is 0.970 bits per heavy atom. The second-order valence-electron chi connectivity index (χ2n) is 7.74. The molecule has 0 fully saturated rings. The minimum Gasteiger partial charge on any atom is -0.374 e. The normalized spacial score (nSPS) is 15.7. The molecule has 1 nitrogen and oxygen atoms in total. The van der Waals surface area contributed by atoms with E-state index in [1.165, 1.54) is 27.1 Å². The quantitative estimate of drug-likeness (QED) is 0.343. The number of hydrogen-bond donors (Lipinski definition) is 1. The lowest BCUT2D eigenvalue weighted by molar-refractivity contribution is 0.717. The molecule has 2 heteroatoms. The Balaban J connectivity index is 1.66. The van der Waals surface area contributed by atoms with Crippen molar-refractivity contribution >= 4 is 35.1 Å². The van der Waals surface area contributed by atoms with Crippen LogP contribution in [0.25, 0.3) is 23.8 Å². The summed E-state index contributed by atoms with van der Waals surface area (Å²) in [5.41, 5.74) is 7.85. The molecule has 0 radical (unpaired) electrons. The van der Waals surface area contributed by atoms with Crippen molar-refractivity contribution in [2.75, 3.05) is 0 Å². The van der Waals surface area contributed by atoms with E-state index in [0.717, 1.165) is 16.8 Å². The van der Waals surface area contributed by atoms with Crippen LogP contribution >= 0.6 is 11.3 Å². The van der Waals surface area contributed by atoms with Crippen LogP contribution in [0, 0.1) is 0 Å². The van der Waals surface area contributed by atoms with Crippen molar-refractivity contribution in [3.63, 3.8) is 0 Å². The molecule has 0 amide bonds. The molecule has 3 aromatic rings. The van der Waals surface area contributed by atoms with Gasteiger partial charge in [0.05, 0.1) is 6.04 Å². The molecular weight excluding hydrogens is 418 g/mol. The van der Waals surface area contributed by atoms with E-state index in [1.807, 2.05) is 24.3 Å². The molecule has 4 rings (SSSR count). The lowest BCUT2D eigenvalue weighted by Gasteiger charge is -2.26. The highest BCUT2D eigenvalue weighted by atomic mass is 32.1. The summed E-state index contributed by atoms with van der Waals surface area (Å²) in [5.74, 6) is 0. The zero-order valence-electron chi connectivity index (χ0n) is 18.6. The molecule has 1 unspecified atom stereocenters. The molecule has 0 saturated carbocycles. The minimum absolute atomic E-state index is 0.0346. The van der Waals surface area contributed by atoms with Gasteiger partial charge in [-0.1, -0.05) is 105 Å². The third-order valence-electron chi connectivity index (χ3n) is 5.48. The first-order valence-electron chi connectivity index (χ1n) is 10.9. The Hall–Kier alpha value is -3.88. The molecule has 2 heterocycles. The number of nitrogens with one attached hydrogen (secondary N) is 1. The molecule has 0 spiro atoms. The lowest BCUT2D eigenvalue weighted by Crippen LogP contribution is -2.23. The van der Waals surface area contributed by atoms with Crippen LogP contribution in [0.15, 0.2) is 127 Å². The van der Waals surface area contributed by atoms with Crippen molar-refractivity contribution in [2.45, 2.75) is 6.04 Å². The van der Waals surface area contributed by atoms with Gasteiger partial charge >= 0.3 is 0 Å². The van der Waals surface area contributed by atoms with E-state index >= 15 is 0 Å². The average Bonchev–Trinajstić information content (AvgIpc) is 3.34. The summed E-state index contributed by atoms with van der Waals surface area (Å²) in [7, 11) is 0. The molecule has 1 aromatic heterocycles. The zero-order chi connectivity index (χ0) is 23.0. The summed E-state index contributed by atoms with van der Waals surface area (Å²) in [6.07, 6.45) is 16.3. The van der Waals surface area contributed by atoms with Crippen LogP contribution in [0.5, 0.6) is 0 Å². The standard InChI is InChI=1S/C31H27NS/c1-4-6-11-23(3)29-21-28(25-13-8-7-9-14-25)22-30(32-29)27-15-10-12-24(20-27)16-17-26-18-19-33-31(26)5-2/h4-22,30,32H,1-3H2/b11-6-,17-16+. The van der Waals surface area contributed by atoms with Crippen molar-refractivity contribution < 1.29 is 0 Å². The summed E-state index contributed by atoms with van der Waals surface area (Å²) in [5, 5.41) is 5.75. The van der Waals surface area contributed by atoms with Crippen LogP contribution in [-0.2, 0) is 0 Å². The Labute approximate surface area is 200 Å². The fourth-order valence-electron chi connectivity index (χ4n) is 3.76. The Bertz CT molecular complexity index is 1280. The molecule has 1 aliphatic heterocycles. The topological polar surface area (TPSA) is 12.0 Å². The van der Waals surface area contributed by atoms with Crippen LogP contribution < -0.4 is 5.32 Å². The Morgan fingerprint density at radius 2 is 1.82 bits per heavy atom. The van der Waals surface area contributed by atoms with Gasteiger partial charge in [0, 0.05) is 10.6 Å². The highest BCUT2D eigenvalue weighted by Crippen LogP contribution is 2.31. The molecule has 1 aliphatic rings. The van der Waals surface area contributed by atoms with Crippen LogP contribution in [-0.4, -0.2) is 0 Å². The van der Waals surface area contributed by atoms with Gasteiger partial charge in [-0.3, -0.25) is 0 Å². The number of allylic oxidation sites excluding steroid dienone is 5. The Morgan fingerprint density at radius 3 is 2.61 bits per heavy atom. The predicted octanol–water partition coefficient (Wildman–Crippen LogP) is 8.47. The number of hydrogen-bond acceptors (Lipinski definition) is 2. The summed E-state index contributed by atoms with van der Waals surface area (Å²) in [4.78, 5) is 1.19. The average molecular weight is 446 g/mol. The molecule has 1 atom stereocenters. The summed E-state index contributed by atoms with van der Waals surface area (Å²) in [6.45, 7) is 11.9. The van der Waals surface area contributed by atoms with E-state index in [0.29, 0.717) is 0 Å². The highest BCUT2D eigenvalue weighted by molar-refractivity contribution is 7.11. The first-order valence-corrected chi connectivity index (χ1v) is 11.8. The van der Waals surface area contributed by atoms with Crippen molar-refractivity contribution in [3.05, 3.63) is 155 Å². The zero-order valence-corrected chi connectivity index (χ0v) is 19.4. The fourth-order valence-corrected chi connectivity index (χ4v) is 4.49. The smallest absolute Gasteiger partial charge is 0.0707 e. The van der Waals surface area contributed by atoms with E-state index < -0.39 is 0 Å². The van der Waals surface area contributed by atoms with E-state index in [4.69, 9.17) is 0 Å². The largest absolute Gasteiger partial charge is 0.374 e. The summed E-state index contributed by atoms with van der Waals surface area (Å²) < 4.78 is 0. The molecular formula is C31H27NS. The van der Waals surface area contributed by atoms with Gasteiger partial charge in [0.1, 0.15) is 0 Å². The van der Waals surface area contributed by atoms with Crippen LogP contribution in [0.1, 0.15) is 33.2 Å². The van der Waals surface area contributed by atoms with Crippen LogP contribution in [0.4, 0.5) is 0 Å². The first kappa shape index (κ1) is 22.3. The fraction of sp³-hybridized carbons (Fsp3) is 0.0323. The van der Waals surface area contributed by atoms with Crippen molar-refractivity contribution in [1.82, 2.24) is 5.32 Å². The van der Waals surface area contributed by atoms with Crippen molar-refractivity contribution in [2.24, 2.45) is 0 Å². The second kappa shape index (κ2) is 10.6. The van der Waals surface area contributed by atoms with Crippen molar-refractivity contribution in [1.29, 1.82) is 0 Å².